The first-order valence-corrected chi connectivity index (χ1v) is 9.32. The summed E-state index contributed by atoms with van der Waals surface area (Å²) in [5, 5.41) is 0. The van der Waals surface area contributed by atoms with E-state index in [9.17, 15) is 44.7 Å². The normalized spacial score (nSPS) is 13.7. The van der Waals surface area contributed by atoms with Gasteiger partial charge in [0.15, 0.2) is 0 Å². The van der Waals surface area contributed by atoms with Crippen molar-refractivity contribution in [1.29, 1.82) is 0 Å². The number of aromatic nitrogens is 1. The molecule has 0 fully saturated rings. The van der Waals surface area contributed by atoms with Gasteiger partial charge in [0, 0.05) is 13.2 Å². The van der Waals surface area contributed by atoms with Crippen molar-refractivity contribution in [1.82, 2.24) is 4.57 Å². The first-order valence-electron chi connectivity index (χ1n) is 9.32. The SMILES string of the molecule is Cn1cc(C(F)(F)F)c(C(F)(F)C(F)(F)F)c1N(CC(=O)OC(C)(C)C)C(=O)OC(C)(C)C. The topological polar surface area (TPSA) is 60.8 Å². The minimum absolute atomic E-state index is 0.0310. The van der Waals surface area contributed by atoms with Gasteiger partial charge in [0.25, 0.3) is 0 Å². The molecule has 33 heavy (non-hydrogen) atoms. The molecular weight excluding hydrogens is 472 g/mol. The Labute approximate surface area is 184 Å². The van der Waals surface area contributed by atoms with Crippen LogP contribution in [-0.2, 0) is 33.4 Å². The zero-order valence-corrected chi connectivity index (χ0v) is 18.8. The second-order valence-corrected chi connectivity index (χ2v) is 9.08. The number of carbonyl (C=O) groups excluding carboxylic acids is 2. The standard InChI is InChI=1S/C19H24F8N2O4/c1-15(2,3)32-11(30)9-29(14(31)33-16(4,5)6)13-12(17(20,21)19(25,26)27)10(8-28(13)7)18(22,23)24/h8H,9H2,1-7H3. The Morgan fingerprint density at radius 1 is 0.879 bits per heavy atom. The molecule has 1 heterocycles. The molecule has 0 saturated heterocycles. The Hall–Kier alpha value is -2.54. The van der Waals surface area contributed by atoms with E-state index >= 15 is 0 Å². The summed E-state index contributed by atoms with van der Waals surface area (Å²) in [6, 6.07) is 0. The second kappa shape index (κ2) is 8.67. The van der Waals surface area contributed by atoms with Gasteiger partial charge in [0.05, 0.1) is 11.1 Å². The zero-order valence-electron chi connectivity index (χ0n) is 18.8. The maximum atomic E-state index is 14.4. The van der Waals surface area contributed by atoms with Crippen molar-refractivity contribution < 1.29 is 54.2 Å². The second-order valence-electron chi connectivity index (χ2n) is 9.08. The van der Waals surface area contributed by atoms with Crippen molar-refractivity contribution in [2.24, 2.45) is 7.05 Å². The van der Waals surface area contributed by atoms with Gasteiger partial charge >= 0.3 is 30.3 Å². The van der Waals surface area contributed by atoms with Crippen LogP contribution in [0.3, 0.4) is 0 Å². The van der Waals surface area contributed by atoms with Crippen molar-refractivity contribution in [3.63, 3.8) is 0 Å². The van der Waals surface area contributed by atoms with Gasteiger partial charge in [0.1, 0.15) is 23.6 Å². The van der Waals surface area contributed by atoms with Crippen LogP contribution in [0.1, 0.15) is 52.7 Å². The molecule has 14 heteroatoms. The van der Waals surface area contributed by atoms with E-state index in [1.807, 2.05) is 0 Å². The van der Waals surface area contributed by atoms with Crippen molar-refractivity contribution >= 4 is 17.9 Å². The molecule has 0 bridgehead atoms. The third kappa shape index (κ3) is 6.97. The van der Waals surface area contributed by atoms with E-state index in [2.05, 4.69) is 0 Å². The van der Waals surface area contributed by atoms with Crippen LogP contribution in [-0.4, -0.2) is 40.6 Å². The molecule has 1 amide bonds. The summed E-state index contributed by atoms with van der Waals surface area (Å²) in [5.74, 6) is -8.85. The fraction of sp³-hybridized carbons (Fsp3) is 0.684. The molecule has 6 nitrogen and oxygen atoms in total. The lowest BCUT2D eigenvalue weighted by Crippen LogP contribution is -2.44. The summed E-state index contributed by atoms with van der Waals surface area (Å²) in [5.41, 5.74) is -7.38. The fourth-order valence-corrected chi connectivity index (χ4v) is 2.65. The molecule has 0 aliphatic rings. The summed E-state index contributed by atoms with van der Waals surface area (Å²) in [6.07, 6.45) is -13.8. The van der Waals surface area contributed by atoms with Crippen molar-refractivity contribution in [3.8, 4) is 0 Å². The number of esters is 1. The number of halogens is 8. The van der Waals surface area contributed by atoms with E-state index in [0.717, 1.165) is 0 Å². The highest BCUT2D eigenvalue weighted by Crippen LogP contribution is 2.52. The summed E-state index contributed by atoms with van der Waals surface area (Å²) in [6.45, 7) is 6.83. The molecule has 0 radical (unpaired) electrons. The smallest absolute Gasteiger partial charge is 0.458 e. The zero-order chi connectivity index (χ0) is 26.4. The molecule has 0 unspecified atom stereocenters. The number of carbonyl (C=O) groups is 2. The van der Waals surface area contributed by atoms with Gasteiger partial charge in [0.2, 0.25) is 0 Å². The molecule has 1 aromatic heterocycles. The Morgan fingerprint density at radius 3 is 1.70 bits per heavy atom. The molecule has 190 valence electrons. The summed E-state index contributed by atoms with van der Waals surface area (Å²) < 4.78 is 119. The lowest BCUT2D eigenvalue weighted by atomic mass is 10.0. The van der Waals surface area contributed by atoms with E-state index in [1.165, 1.54) is 41.5 Å². The summed E-state index contributed by atoms with van der Waals surface area (Å²) in [4.78, 5) is 24.9. The van der Waals surface area contributed by atoms with Crippen LogP contribution in [0.15, 0.2) is 6.20 Å². The van der Waals surface area contributed by atoms with Gasteiger partial charge in [-0.05, 0) is 41.5 Å². The number of amides is 1. The van der Waals surface area contributed by atoms with Gasteiger partial charge in [-0.15, -0.1) is 0 Å². The van der Waals surface area contributed by atoms with Crippen LogP contribution < -0.4 is 4.90 Å². The van der Waals surface area contributed by atoms with Crippen molar-refractivity contribution in [2.75, 3.05) is 11.4 Å². The molecule has 0 saturated carbocycles. The number of aryl methyl sites for hydroxylation is 1. The highest BCUT2D eigenvalue weighted by atomic mass is 19.4. The minimum atomic E-state index is -6.45. The molecule has 1 aromatic rings. The number of hydrogen-bond acceptors (Lipinski definition) is 4. The van der Waals surface area contributed by atoms with Gasteiger partial charge in [-0.3, -0.25) is 9.69 Å². The molecule has 0 spiro atoms. The third-order valence-electron chi connectivity index (χ3n) is 3.70. The first kappa shape index (κ1) is 28.5. The van der Waals surface area contributed by atoms with Crippen LogP contribution >= 0.6 is 0 Å². The molecule has 0 aliphatic heterocycles. The molecule has 0 aliphatic carbocycles. The number of alkyl halides is 8. The quantitative estimate of drug-likeness (QED) is 0.392. The maximum absolute atomic E-state index is 14.4. The van der Waals surface area contributed by atoms with Crippen LogP contribution in [0.5, 0.6) is 0 Å². The van der Waals surface area contributed by atoms with E-state index in [0.29, 0.717) is 7.05 Å². The number of anilines is 1. The maximum Gasteiger partial charge on any atom is 0.458 e. The first-order chi connectivity index (χ1) is 14.4. The lowest BCUT2D eigenvalue weighted by Gasteiger charge is -2.30. The highest BCUT2D eigenvalue weighted by molar-refractivity contribution is 5.94. The van der Waals surface area contributed by atoms with Crippen LogP contribution in [0, 0.1) is 0 Å². The van der Waals surface area contributed by atoms with E-state index in [4.69, 9.17) is 9.47 Å². The molecular formula is C19H24F8N2O4. The number of hydrogen-bond donors (Lipinski definition) is 0. The predicted octanol–water partition coefficient (Wildman–Crippen LogP) is 5.78. The average Bonchev–Trinajstić information content (AvgIpc) is 2.86. The van der Waals surface area contributed by atoms with Gasteiger partial charge in [-0.25, -0.2) is 4.79 Å². The number of nitrogens with zero attached hydrogens (tertiary/aromatic N) is 2. The molecule has 1 rings (SSSR count). The van der Waals surface area contributed by atoms with E-state index < -0.39 is 65.0 Å². The van der Waals surface area contributed by atoms with Crippen LogP contribution in [0.4, 0.5) is 45.7 Å². The number of ether oxygens (including phenoxy) is 2. The third-order valence-corrected chi connectivity index (χ3v) is 3.70. The van der Waals surface area contributed by atoms with Crippen molar-refractivity contribution in [3.05, 3.63) is 17.3 Å². The highest BCUT2D eigenvalue weighted by Gasteiger charge is 2.64. The largest absolute Gasteiger partial charge is 0.459 e. The predicted molar refractivity (Wildman–Crippen MR) is 99.8 cm³/mol. The molecule has 0 atom stereocenters. The van der Waals surface area contributed by atoms with Crippen LogP contribution in [0.25, 0.3) is 0 Å². The van der Waals surface area contributed by atoms with Gasteiger partial charge in [-0.1, -0.05) is 0 Å². The summed E-state index contributed by atoms with van der Waals surface area (Å²) in [7, 11) is 0.715. The van der Waals surface area contributed by atoms with Gasteiger partial charge < -0.3 is 14.0 Å². The Bertz CT molecular complexity index is 890. The Kier molecular flexibility index (Phi) is 7.49. The average molecular weight is 496 g/mol. The monoisotopic (exact) mass is 496 g/mol. The van der Waals surface area contributed by atoms with Crippen LogP contribution in [0.2, 0.25) is 0 Å². The molecule has 0 aromatic carbocycles. The van der Waals surface area contributed by atoms with Crippen molar-refractivity contribution in [2.45, 2.75) is 71.0 Å². The lowest BCUT2D eigenvalue weighted by molar-refractivity contribution is -0.290. The Balaban J connectivity index is 3.87. The fourth-order valence-electron chi connectivity index (χ4n) is 2.65. The minimum Gasteiger partial charge on any atom is -0.459 e. The molecule has 0 N–H and O–H groups in total. The number of rotatable bonds is 4. The van der Waals surface area contributed by atoms with E-state index in [1.54, 1.807) is 0 Å². The summed E-state index contributed by atoms with van der Waals surface area (Å²) >= 11 is 0. The Morgan fingerprint density at radius 2 is 1.33 bits per heavy atom. The van der Waals surface area contributed by atoms with Gasteiger partial charge in [-0.2, -0.15) is 35.1 Å². The van der Waals surface area contributed by atoms with E-state index in [-0.39, 0.29) is 15.7 Å².